The van der Waals surface area contributed by atoms with Crippen molar-refractivity contribution in [1.82, 2.24) is 0 Å². The maximum absolute atomic E-state index is 6.38. The highest BCUT2D eigenvalue weighted by molar-refractivity contribution is 6.18. The van der Waals surface area contributed by atoms with E-state index in [4.69, 9.17) is 17.7 Å². The first-order valence-electron chi connectivity index (χ1n) is 17.5. The van der Waals surface area contributed by atoms with Gasteiger partial charge in [-0.2, -0.15) is 0 Å². The van der Waals surface area contributed by atoms with Crippen LogP contribution in [0.4, 0.5) is 0 Å². The Bertz CT molecular complexity index is 3160. The molecular formula is C48H26O4. The summed E-state index contributed by atoms with van der Waals surface area (Å²) in [4.78, 5) is 0. The monoisotopic (exact) mass is 666 g/mol. The molecule has 12 rings (SSSR count). The van der Waals surface area contributed by atoms with Crippen LogP contribution in [0.2, 0.25) is 0 Å². The molecule has 0 saturated heterocycles. The molecule has 0 atom stereocenters. The number of hydrogen-bond acceptors (Lipinski definition) is 4. The molecule has 4 nitrogen and oxygen atoms in total. The van der Waals surface area contributed by atoms with Gasteiger partial charge >= 0.3 is 0 Å². The largest absolute Gasteiger partial charge is 0.456 e. The molecule has 12 aromatic rings. The molecule has 4 heterocycles. The molecule has 0 spiro atoms. The second-order valence-corrected chi connectivity index (χ2v) is 13.7. The van der Waals surface area contributed by atoms with Crippen molar-refractivity contribution in [3.05, 3.63) is 158 Å². The van der Waals surface area contributed by atoms with Crippen molar-refractivity contribution in [2.75, 3.05) is 0 Å². The lowest BCUT2D eigenvalue weighted by molar-refractivity contribution is 0.655. The first kappa shape index (κ1) is 27.7. The van der Waals surface area contributed by atoms with Gasteiger partial charge in [0.2, 0.25) is 0 Å². The van der Waals surface area contributed by atoms with Crippen LogP contribution in [-0.4, -0.2) is 0 Å². The summed E-state index contributed by atoms with van der Waals surface area (Å²) in [7, 11) is 0. The third-order valence-electron chi connectivity index (χ3n) is 10.7. The molecule has 4 aromatic heterocycles. The standard InChI is InChI=1S/C48H26O4/c1-3-7-27(8-4-1)29-11-15-41-33(19-29)37-23-39-35-21-31(13-17-43(35)51-47(39)25-45(37)49-41)32-14-18-44-36(22-32)40-24-38-34-20-30(28-9-5-2-6-10-28)12-16-42(34)50-46(38)26-48(40)52-44/h1-26H. The lowest BCUT2D eigenvalue weighted by Crippen LogP contribution is -1.78. The van der Waals surface area contributed by atoms with Crippen LogP contribution in [0.25, 0.3) is 121 Å². The third kappa shape index (κ3) is 4.03. The Morgan fingerprint density at radius 1 is 0.192 bits per heavy atom. The van der Waals surface area contributed by atoms with Crippen molar-refractivity contribution in [1.29, 1.82) is 0 Å². The Morgan fingerprint density at radius 3 is 0.769 bits per heavy atom. The van der Waals surface area contributed by atoms with E-state index in [-0.39, 0.29) is 0 Å². The van der Waals surface area contributed by atoms with Crippen LogP contribution in [0.5, 0.6) is 0 Å². The third-order valence-corrected chi connectivity index (χ3v) is 10.7. The fourth-order valence-electron chi connectivity index (χ4n) is 8.07. The molecule has 4 heteroatoms. The van der Waals surface area contributed by atoms with E-state index in [0.717, 1.165) is 110 Å². The van der Waals surface area contributed by atoms with Gasteiger partial charge in [0.25, 0.3) is 0 Å². The minimum Gasteiger partial charge on any atom is -0.456 e. The maximum atomic E-state index is 6.38. The van der Waals surface area contributed by atoms with E-state index in [9.17, 15) is 0 Å². The molecule has 8 aromatic carbocycles. The summed E-state index contributed by atoms with van der Waals surface area (Å²) in [5.74, 6) is 0. The van der Waals surface area contributed by atoms with Gasteiger partial charge in [-0.15, -0.1) is 0 Å². The quantitative estimate of drug-likeness (QED) is 0.188. The van der Waals surface area contributed by atoms with Crippen LogP contribution in [-0.2, 0) is 0 Å². The molecule has 0 bridgehead atoms. The zero-order chi connectivity index (χ0) is 33.9. The van der Waals surface area contributed by atoms with Gasteiger partial charge < -0.3 is 17.7 Å². The van der Waals surface area contributed by atoms with Gasteiger partial charge in [-0.05, 0) is 94.0 Å². The lowest BCUT2D eigenvalue weighted by Gasteiger charge is -2.03. The molecule has 52 heavy (non-hydrogen) atoms. The van der Waals surface area contributed by atoms with Crippen LogP contribution in [0, 0.1) is 0 Å². The predicted molar refractivity (Wildman–Crippen MR) is 212 cm³/mol. The van der Waals surface area contributed by atoms with Crippen molar-refractivity contribution in [2.45, 2.75) is 0 Å². The lowest BCUT2D eigenvalue weighted by atomic mass is 9.99. The van der Waals surface area contributed by atoms with E-state index in [1.165, 1.54) is 11.1 Å². The Balaban J connectivity index is 0.999. The molecule has 0 radical (unpaired) electrons. The molecule has 0 unspecified atom stereocenters. The van der Waals surface area contributed by atoms with Crippen LogP contribution in [0.15, 0.2) is 175 Å². The van der Waals surface area contributed by atoms with E-state index >= 15 is 0 Å². The van der Waals surface area contributed by atoms with Gasteiger partial charge in [0.15, 0.2) is 0 Å². The molecule has 0 aliphatic heterocycles. The van der Waals surface area contributed by atoms with Crippen LogP contribution in [0.1, 0.15) is 0 Å². The summed E-state index contributed by atoms with van der Waals surface area (Å²) in [6, 6.07) is 55.1. The summed E-state index contributed by atoms with van der Waals surface area (Å²) in [5.41, 5.74) is 13.6. The Kier molecular flexibility index (Phi) is 5.47. The first-order valence-corrected chi connectivity index (χ1v) is 17.5. The van der Waals surface area contributed by atoms with Gasteiger partial charge in [0, 0.05) is 55.2 Å². The normalized spacial score (nSPS) is 12.2. The highest BCUT2D eigenvalue weighted by Gasteiger charge is 2.17. The minimum absolute atomic E-state index is 0.810. The molecule has 0 amide bonds. The average molecular weight is 667 g/mol. The predicted octanol–water partition coefficient (Wildman–Crippen LogP) is 14.3. The van der Waals surface area contributed by atoms with E-state index < -0.39 is 0 Å². The van der Waals surface area contributed by atoms with Crippen molar-refractivity contribution < 1.29 is 17.7 Å². The van der Waals surface area contributed by atoms with Crippen LogP contribution < -0.4 is 0 Å². The average Bonchev–Trinajstić information content (AvgIpc) is 3.95. The Labute approximate surface area is 295 Å². The smallest absolute Gasteiger partial charge is 0.139 e. The van der Waals surface area contributed by atoms with Crippen molar-refractivity contribution in [3.63, 3.8) is 0 Å². The first-order chi connectivity index (χ1) is 25.7. The molecule has 0 aliphatic rings. The van der Waals surface area contributed by atoms with Gasteiger partial charge in [-0.3, -0.25) is 0 Å². The second-order valence-electron chi connectivity index (χ2n) is 13.7. The SMILES string of the molecule is c1ccc(-c2ccc3oc4cc5oc6ccc(-c7ccc8oc9cc%10oc%11ccc(-c%12ccccc%12)cc%11c%10cc9c8c7)cc6c5cc4c3c2)cc1. The molecule has 242 valence electrons. The summed E-state index contributed by atoms with van der Waals surface area (Å²) in [6.07, 6.45) is 0. The zero-order valence-electron chi connectivity index (χ0n) is 27.6. The van der Waals surface area contributed by atoms with Gasteiger partial charge in [-0.1, -0.05) is 84.9 Å². The number of rotatable bonds is 3. The van der Waals surface area contributed by atoms with Gasteiger partial charge in [-0.25, -0.2) is 0 Å². The van der Waals surface area contributed by atoms with E-state index in [0.29, 0.717) is 0 Å². The fourth-order valence-corrected chi connectivity index (χ4v) is 8.07. The maximum Gasteiger partial charge on any atom is 0.139 e. The Hall–Kier alpha value is -7.04. The highest BCUT2D eigenvalue weighted by atomic mass is 16.3. The molecule has 0 aliphatic carbocycles. The van der Waals surface area contributed by atoms with Crippen LogP contribution in [0.3, 0.4) is 0 Å². The molecule has 0 fully saturated rings. The van der Waals surface area contributed by atoms with E-state index in [1.807, 2.05) is 24.3 Å². The van der Waals surface area contributed by atoms with Gasteiger partial charge in [0.1, 0.15) is 44.7 Å². The van der Waals surface area contributed by atoms with Gasteiger partial charge in [0.05, 0.1) is 0 Å². The number of fused-ring (bicyclic) bond motifs is 12. The molecule has 0 N–H and O–H groups in total. The minimum atomic E-state index is 0.810. The van der Waals surface area contributed by atoms with Crippen molar-refractivity contribution >= 4 is 87.8 Å². The number of benzene rings is 8. The molecule has 0 saturated carbocycles. The van der Waals surface area contributed by atoms with E-state index in [2.05, 4.69) is 133 Å². The summed E-state index contributed by atoms with van der Waals surface area (Å²) in [5, 5.41) is 8.62. The van der Waals surface area contributed by atoms with E-state index in [1.54, 1.807) is 0 Å². The highest BCUT2D eigenvalue weighted by Crippen LogP contribution is 2.42. The second kappa shape index (κ2) is 10.3. The van der Waals surface area contributed by atoms with Crippen molar-refractivity contribution in [3.8, 4) is 33.4 Å². The summed E-state index contributed by atoms with van der Waals surface area (Å²) in [6.45, 7) is 0. The van der Waals surface area contributed by atoms with Crippen LogP contribution >= 0.6 is 0 Å². The topological polar surface area (TPSA) is 52.6 Å². The molecular weight excluding hydrogens is 641 g/mol. The number of furan rings is 4. The Morgan fingerprint density at radius 2 is 0.462 bits per heavy atom. The number of hydrogen-bond donors (Lipinski definition) is 0. The van der Waals surface area contributed by atoms with Crippen molar-refractivity contribution in [2.24, 2.45) is 0 Å². The summed E-state index contributed by atoms with van der Waals surface area (Å²) < 4.78 is 25.4. The summed E-state index contributed by atoms with van der Waals surface area (Å²) >= 11 is 0. The fraction of sp³-hybridized carbons (Fsp3) is 0. The zero-order valence-corrected chi connectivity index (χ0v) is 27.6.